The molecule has 142 valence electrons. The van der Waals surface area contributed by atoms with Crippen LogP contribution >= 0.6 is 0 Å². The summed E-state index contributed by atoms with van der Waals surface area (Å²) in [5, 5.41) is 13.9. The number of aromatic hydroxyl groups is 1. The maximum absolute atomic E-state index is 13.2. The smallest absolute Gasteiger partial charge is 0.228 e. The topological polar surface area (TPSA) is 62.2 Å². The minimum absolute atomic E-state index is 0.0363. The number of carbonyl (C=O) groups excluding carboxylic acids is 1. The molecule has 0 aliphatic heterocycles. The number of fused-ring (bicyclic) bond motifs is 1. The molecule has 4 heteroatoms. The highest BCUT2D eigenvalue weighted by Gasteiger charge is 2.37. The molecule has 0 fully saturated rings. The lowest BCUT2D eigenvalue weighted by atomic mass is 9.68. The van der Waals surface area contributed by atoms with Crippen LogP contribution in [0.25, 0.3) is 10.9 Å². The molecular formula is C22H32N2O2. The number of pyridine rings is 1. The van der Waals surface area contributed by atoms with E-state index in [0.717, 1.165) is 24.6 Å². The van der Waals surface area contributed by atoms with Crippen molar-refractivity contribution in [1.82, 2.24) is 4.98 Å². The van der Waals surface area contributed by atoms with Crippen molar-refractivity contribution >= 4 is 22.5 Å². The van der Waals surface area contributed by atoms with Gasteiger partial charge in [0, 0.05) is 17.5 Å². The first-order chi connectivity index (χ1) is 12.1. The molecule has 0 bridgehead atoms. The summed E-state index contributed by atoms with van der Waals surface area (Å²) in [5.74, 6) is 0.0633. The molecule has 2 N–H and O–H groups in total. The van der Waals surface area contributed by atoms with Crippen molar-refractivity contribution in [2.45, 2.75) is 60.8 Å². The molecule has 0 radical (unpaired) electrons. The zero-order valence-electron chi connectivity index (χ0n) is 16.9. The number of nitrogens with zero attached hydrogens (tertiary/aromatic N) is 1. The van der Waals surface area contributed by atoms with Crippen molar-refractivity contribution in [2.75, 3.05) is 5.32 Å². The van der Waals surface area contributed by atoms with E-state index < -0.39 is 0 Å². The lowest BCUT2D eigenvalue weighted by Crippen LogP contribution is -2.38. The summed E-state index contributed by atoms with van der Waals surface area (Å²) in [7, 11) is 0. The molecule has 2 rings (SSSR count). The normalized spacial score (nSPS) is 13.6. The van der Waals surface area contributed by atoms with Gasteiger partial charge in [-0.25, -0.2) is 0 Å². The number of aromatic nitrogens is 1. The number of rotatable bonds is 7. The van der Waals surface area contributed by atoms with Crippen LogP contribution in [0.4, 0.5) is 5.69 Å². The Bertz CT molecular complexity index is 781. The molecule has 1 unspecified atom stereocenters. The molecule has 0 aliphatic rings. The first-order valence-corrected chi connectivity index (χ1v) is 9.49. The van der Waals surface area contributed by atoms with Gasteiger partial charge in [0.15, 0.2) is 0 Å². The Morgan fingerprint density at radius 3 is 2.46 bits per heavy atom. The van der Waals surface area contributed by atoms with Crippen LogP contribution in [-0.2, 0) is 4.79 Å². The Kier molecular flexibility index (Phi) is 5.94. The Morgan fingerprint density at radius 1 is 1.15 bits per heavy atom. The molecule has 0 aliphatic carbocycles. The first-order valence-electron chi connectivity index (χ1n) is 9.49. The highest BCUT2D eigenvalue weighted by Crippen LogP contribution is 2.41. The average Bonchev–Trinajstić information content (AvgIpc) is 2.62. The lowest BCUT2D eigenvalue weighted by Gasteiger charge is -2.37. The van der Waals surface area contributed by atoms with Crippen LogP contribution in [0.15, 0.2) is 30.5 Å². The molecule has 2 aromatic rings. The van der Waals surface area contributed by atoms with E-state index in [9.17, 15) is 9.90 Å². The Labute approximate surface area is 157 Å². The predicted octanol–water partition coefficient (Wildman–Crippen LogP) is 5.76. The molecule has 0 saturated carbocycles. The second-order valence-corrected chi connectivity index (χ2v) is 8.64. The minimum Gasteiger partial charge on any atom is -0.506 e. The van der Waals surface area contributed by atoms with E-state index in [4.69, 9.17) is 0 Å². The highest BCUT2D eigenvalue weighted by molar-refractivity contribution is 6.03. The van der Waals surface area contributed by atoms with Gasteiger partial charge in [-0.15, -0.1) is 0 Å². The SMILES string of the molecule is CCC(C)(C)CC(C(=O)Nc1ccc(O)c2ncccc12)C(C)(C)CC. The number of amides is 1. The Hall–Kier alpha value is -2.10. The second-order valence-electron chi connectivity index (χ2n) is 8.64. The van der Waals surface area contributed by atoms with Crippen molar-refractivity contribution in [3.63, 3.8) is 0 Å². The largest absolute Gasteiger partial charge is 0.506 e. The standard InChI is InChI=1S/C22H32N2O2/c1-7-21(3,4)14-16(22(5,6)8-2)20(26)24-17-11-12-18(25)19-15(17)10-9-13-23-19/h9-13,16,25H,7-8,14H2,1-6H3,(H,24,26). The summed E-state index contributed by atoms with van der Waals surface area (Å²) < 4.78 is 0. The lowest BCUT2D eigenvalue weighted by molar-refractivity contribution is -0.125. The average molecular weight is 357 g/mol. The monoisotopic (exact) mass is 356 g/mol. The van der Waals surface area contributed by atoms with Crippen molar-refractivity contribution in [1.29, 1.82) is 0 Å². The van der Waals surface area contributed by atoms with Crippen molar-refractivity contribution in [3.8, 4) is 5.75 Å². The van der Waals surface area contributed by atoms with Crippen LogP contribution in [0.2, 0.25) is 0 Å². The summed E-state index contributed by atoms with van der Waals surface area (Å²) >= 11 is 0. The van der Waals surface area contributed by atoms with Crippen LogP contribution in [0.3, 0.4) is 0 Å². The summed E-state index contributed by atoms with van der Waals surface area (Å²) in [6.07, 6.45) is 4.44. The first kappa shape index (κ1) is 20.2. The maximum Gasteiger partial charge on any atom is 0.228 e. The summed E-state index contributed by atoms with van der Waals surface area (Å²) in [5.41, 5.74) is 1.21. The van der Waals surface area contributed by atoms with E-state index in [-0.39, 0.29) is 28.4 Å². The van der Waals surface area contributed by atoms with Gasteiger partial charge in [-0.2, -0.15) is 0 Å². The molecule has 1 aromatic heterocycles. The Morgan fingerprint density at radius 2 is 1.85 bits per heavy atom. The fraction of sp³-hybridized carbons (Fsp3) is 0.545. The van der Waals surface area contributed by atoms with Gasteiger partial charge in [-0.05, 0) is 41.5 Å². The zero-order chi connectivity index (χ0) is 19.5. The Balaban J connectivity index is 2.37. The van der Waals surface area contributed by atoms with E-state index >= 15 is 0 Å². The van der Waals surface area contributed by atoms with Gasteiger partial charge in [0.2, 0.25) is 5.91 Å². The van der Waals surface area contributed by atoms with E-state index in [1.54, 1.807) is 18.3 Å². The van der Waals surface area contributed by atoms with E-state index in [1.165, 1.54) is 0 Å². The van der Waals surface area contributed by atoms with Crippen LogP contribution in [0.1, 0.15) is 60.8 Å². The third-order valence-electron chi connectivity index (χ3n) is 5.89. The number of hydrogen-bond donors (Lipinski definition) is 2. The number of phenolic OH excluding ortho intramolecular Hbond substituents is 1. The van der Waals surface area contributed by atoms with Crippen molar-refractivity contribution < 1.29 is 9.90 Å². The molecule has 0 spiro atoms. The van der Waals surface area contributed by atoms with E-state index in [1.807, 2.05) is 12.1 Å². The van der Waals surface area contributed by atoms with Crippen molar-refractivity contribution in [3.05, 3.63) is 30.5 Å². The maximum atomic E-state index is 13.2. The van der Waals surface area contributed by atoms with Crippen LogP contribution < -0.4 is 5.32 Å². The zero-order valence-corrected chi connectivity index (χ0v) is 16.9. The highest BCUT2D eigenvalue weighted by atomic mass is 16.3. The van der Waals surface area contributed by atoms with Gasteiger partial charge in [-0.3, -0.25) is 9.78 Å². The molecule has 1 atom stereocenters. The molecular weight excluding hydrogens is 324 g/mol. The van der Waals surface area contributed by atoms with Gasteiger partial charge >= 0.3 is 0 Å². The molecule has 1 amide bonds. The van der Waals surface area contributed by atoms with Gasteiger partial charge in [-0.1, -0.05) is 54.4 Å². The summed E-state index contributed by atoms with van der Waals surface area (Å²) in [4.78, 5) is 17.5. The molecule has 1 aromatic carbocycles. The van der Waals surface area contributed by atoms with E-state index in [2.05, 4.69) is 51.8 Å². The van der Waals surface area contributed by atoms with Crippen LogP contribution in [0, 0.1) is 16.7 Å². The van der Waals surface area contributed by atoms with Gasteiger partial charge in [0.1, 0.15) is 11.3 Å². The third-order valence-corrected chi connectivity index (χ3v) is 5.89. The minimum atomic E-state index is -0.0957. The number of nitrogens with one attached hydrogen (secondary N) is 1. The number of hydrogen-bond acceptors (Lipinski definition) is 3. The number of benzene rings is 1. The van der Waals surface area contributed by atoms with Crippen LogP contribution in [-0.4, -0.2) is 16.0 Å². The summed E-state index contributed by atoms with van der Waals surface area (Å²) in [6, 6.07) is 7.01. The van der Waals surface area contributed by atoms with E-state index in [0.29, 0.717) is 11.2 Å². The fourth-order valence-electron chi connectivity index (χ4n) is 3.15. The number of carbonyl (C=O) groups is 1. The van der Waals surface area contributed by atoms with Crippen molar-refractivity contribution in [2.24, 2.45) is 16.7 Å². The molecule has 1 heterocycles. The molecule has 4 nitrogen and oxygen atoms in total. The van der Waals surface area contributed by atoms with Gasteiger partial charge in [0.05, 0.1) is 5.69 Å². The third kappa shape index (κ3) is 4.35. The van der Waals surface area contributed by atoms with Gasteiger partial charge < -0.3 is 10.4 Å². The molecule has 26 heavy (non-hydrogen) atoms. The van der Waals surface area contributed by atoms with Crippen LogP contribution in [0.5, 0.6) is 5.75 Å². The second kappa shape index (κ2) is 7.65. The number of anilines is 1. The summed E-state index contributed by atoms with van der Waals surface area (Å²) in [6.45, 7) is 13.1. The molecule has 0 saturated heterocycles. The fourth-order valence-corrected chi connectivity index (χ4v) is 3.15. The number of phenols is 1. The van der Waals surface area contributed by atoms with Gasteiger partial charge in [0.25, 0.3) is 0 Å². The quantitative estimate of drug-likeness (QED) is 0.620. The predicted molar refractivity (Wildman–Crippen MR) is 108 cm³/mol.